The summed E-state index contributed by atoms with van der Waals surface area (Å²) < 4.78 is 10.8. The van der Waals surface area contributed by atoms with Crippen LogP contribution in [0.3, 0.4) is 0 Å². The second-order valence-electron chi connectivity index (χ2n) is 7.25. The molecule has 0 radical (unpaired) electrons. The van der Waals surface area contributed by atoms with Gasteiger partial charge in [-0.3, -0.25) is 14.6 Å². The van der Waals surface area contributed by atoms with Crippen LogP contribution in [0.1, 0.15) is 23.5 Å². The first-order valence-corrected chi connectivity index (χ1v) is 10.7. The van der Waals surface area contributed by atoms with Crippen LogP contribution in [0.2, 0.25) is 0 Å². The summed E-state index contributed by atoms with van der Waals surface area (Å²) in [6.07, 6.45) is 0.245. The standard InChI is InChI=1S/C23H23N3O3S/c1-28-17-8-9-18(21(10-17)29-2)19-11-22(27)26-14-25(13-16-6-4-3-5-7-16)15-30-23(26)20(19)12-24/h3-10,19H,11,13-15H2,1-2H3/t19-/m1/s1. The van der Waals surface area contributed by atoms with Crippen molar-refractivity contribution in [1.82, 2.24) is 9.80 Å². The maximum absolute atomic E-state index is 13.1. The van der Waals surface area contributed by atoms with Gasteiger partial charge in [-0.1, -0.05) is 48.2 Å². The lowest BCUT2D eigenvalue weighted by molar-refractivity contribution is -0.131. The largest absolute Gasteiger partial charge is 0.497 e. The molecule has 7 heteroatoms. The number of carbonyl (C=O) groups is 1. The minimum atomic E-state index is -0.317. The lowest BCUT2D eigenvalue weighted by Gasteiger charge is -2.41. The van der Waals surface area contributed by atoms with E-state index >= 15 is 0 Å². The molecule has 0 spiro atoms. The summed E-state index contributed by atoms with van der Waals surface area (Å²) in [5.41, 5.74) is 2.67. The lowest BCUT2D eigenvalue weighted by atomic mass is 9.86. The zero-order valence-corrected chi connectivity index (χ0v) is 17.8. The van der Waals surface area contributed by atoms with E-state index in [1.54, 1.807) is 36.9 Å². The molecule has 30 heavy (non-hydrogen) atoms. The fourth-order valence-electron chi connectivity index (χ4n) is 3.92. The Kier molecular flexibility index (Phi) is 5.98. The Morgan fingerprint density at radius 3 is 2.67 bits per heavy atom. The molecular weight excluding hydrogens is 398 g/mol. The normalized spacial score (nSPS) is 19.3. The molecule has 0 bridgehead atoms. The molecule has 154 valence electrons. The van der Waals surface area contributed by atoms with Crippen molar-refractivity contribution in [2.75, 3.05) is 26.8 Å². The molecule has 2 aliphatic rings. The van der Waals surface area contributed by atoms with Gasteiger partial charge in [0.2, 0.25) is 5.91 Å². The van der Waals surface area contributed by atoms with Crippen LogP contribution in [0, 0.1) is 11.3 Å². The summed E-state index contributed by atoms with van der Waals surface area (Å²) in [6, 6.07) is 18.1. The molecule has 0 saturated carbocycles. The van der Waals surface area contributed by atoms with Gasteiger partial charge in [0.25, 0.3) is 0 Å². The molecule has 1 fully saturated rings. The highest BCUT2D eigenvalue weighted by molar-refractivity contribution is 8.03. The fourth-order valence-corrected chi connectivity index (χ4v) is 5.06. The molecule has 1 saturated heterocycles. The van der Waals surface area contributed by atoms with Gasteiger partial charge in [0, 0.05) is 30.5 Å². The topological polar surface area (TPSA) is 65.8 Å². The van der Waals surface area contributed by atoms with Crippen molar-refractivity contribution in [3.05, 3.63) is 70.3 Å². The summed E-state index contributed by atoms with van der Waals surface area (Å²) in [7, 11) is 3.18. The second-order valence-corrected chi connectivity index (χ2v) is 8.18. The number of thioether (sulfide) groups is 1. The number of nitriles is 1. The van der Waals surface area contributed by atoms with Crippen molar-refractivity contribution >= 4 is 17.7 Å². The Balaban J connectivity index is 1.63. The van der Waals surface area contributed by atoms with E-state index in [4.69, 9.17) is 9.47 Å². The molecule has 1 amide bonds. The molecule has 2 aromatic rings. The average molecular weight is 422 g/mol. The summed E-state index contributed by atoms with van der Waals surface area (Å²) in [5.74, 6) is 1.74. The number of fused-ring (bicyclic) bond motifs is 1. The highest BCUT2D eigenvalue weighted by atomic mass is 32.2. The van der Waals surface area contributed by atoms with Crippen LogP contribution in [0.4, 0.5) is 0 Å². The summed E-state index contributed by atoms with van der Waals surface area (Å²) >= 11 is 1.55. The number of amides is 1. The van der Waals surface area contributed by atoms with E-state index in [-0.39, 0.29) is 18.2 Å². The first kappa shape index (κ1) is 20.3. The van der Waals surface area contributed by atoms with Gasteiger partial charge >= 0.3 is 0 Å². The predicted octanol–water partition coefficient (Wildman–Crippen LogP) is 3.92. The molecular formula is C23H23N3O3S. The molecule has 0 unspecified atom stereocenters. The SMILES string of the molecule is COc1ccc([C@H]2CC(=O)N3CN(Cc4ccccc4)CSC3=C2C#N)c(OC)c1. The van der Waals surface area contributed by atoms with Gasteiger partial charge in [0.1, 0.15) is 11.5 Å². The number of carbonyl (C=O) groups excluding carboxylic acids is 1. The van der Waals surface area contributed by atoms with E-state index in [1.165, 1.54) is 5.56 Å². The second kappa shape index (κ2) is 8.82. The van der Waals surface area contributed by atoms with Crippen molar-refractivity contribution in [2.24, 2.45) is 0 Å². The number of methoxy groups -OCH3 is 2. The summed E-state index contributed by atoms with van der Waals surface area (Å²) in [4.78, 5) is 17.0. The molecule has 0 N–H and O–H groups in total. The van der Waals surface area contributed by atoms with E-state index < -0.39 is 0 Å². The van der Waals surface area contributed by atoms with Crippen molar-refractivity contribution < 1.29 is 14.3 Å². The first-order chi connectivity index (χ1) is 14.6. The molecule has 6 nitrogen and oxygen atoms in total. The Bertz CT molecular complexity index is 1020. The minimum Gasteiger partial charge on any atom is -0.497 e. The lowest BCUT2D eigenvalue weighted by Crippen LogP contribution is -2.46. The van der Waals surface area contributed by atoms with Gasteiger partial charge < -0.3 is 9.47 Å². The van der Waals surface area contributed by atoms with Gasteiger partial charge in [0.15, 0.2) is 0 Å². The molecule has 2 aromatic carbocycles. The van der Waals surface area contributed by atoms with Crippen LogP contribution >= 0.6 is 11.8 Å². The van der Waals surface area contributed by atoms with Crippen LogP contribution < -0.4 is 9.47 Å². The van der Waals surface area contributed by atoms with Crippen molar-refractivity contribution in [3.8, 4) is 17.6 Å². The van der Waals surface area contributed by atoms with Gasteiger partial charge in [-0.25, -0.2) is 0 Å². The average Bonchev–Trinajstić information content (AvgIpc) is 2.79. The highest BCUT2D eigenvalue weighted by Gasteiger charge is 2.39. The molecule has 1 atom stereocenters. The fraction of sp³-hybridized carbons (Fsp3) is 0.304. The third kappa shape index (κ3) is 3.89. The molecule has 0 aromatic heterocycles. The van der Waals surface area contributed by atoms with Crippen LogP contribution in [-0.4, -0.2) is 42.5 Å². The third-order valence-electron chi connectivity index (χ3n) is 5.41. The van der Waals surface area contributed by atoms with E-state index in [2.05, 4.69) is 23.1 Å². The zero-order chi connectivity index (χ0) is 21.1. The molecule has 2 heterocycles. The van der Waals surface area contributed by atoms with Crippen LogP contribution in [0.5, 0.6) is 11.5 Å². The van der Waals surface area contributed by atoms with Crippen molar-refractivity contribution in [1.29, 1.82) is 5.26 Å². The first-order valence-electron chi connectivity index (χ1n) is 9.70. The van der Waals surface area contributed by atoms with Gasteiger partial charge in [-0.2, -0.15) is 5.26 Å². The van der Waals surface area contributed by atoms with E-state index in [0.29, 0.717) is 23.7 Å². The zero-order valence-electron chi connectivity index (χ0n) is 17.0. The molecule has 2 aliphatic heterocycles. The molecule has 4 rings (SSSR count). The van der Waals surface area contributed by atoms with Gasteiger partial charge in [-0.15, -0.1) is 0 Å². The van der Waals surface area contributed by atoms with E-state index in [9.17, 15) is 10.1 Å². The van der Waals surface area contributed by atoms with Crippen LogP contribution in [0.25, 0.3) is 0 Å². The van der Waals surface area contributed by atoms with Gasteiger partial charge in [-0.05, 0) is 11.6 Å². The van der Waals surface area contributed by atoms with Gasteiger partial charge in [0.05, 0.1) is 43.4 Å². The number of hydrogen-bond donors (Lipinski definition) is 0. The Hall–Kier alpha value is -2.95. The monoisotopic (exact) mass is 421 g/mol. The number of ether oxygens (including phenoxy) is 2. The maximum atomic E-state index is 13.1. The van der Waals surface area contributed by atoms with Crippen LogP contribution in [-0.2, 0) is 11.3 Å². The summed E-state index contributed by atoms with van der Waals surface area (Å²) in [5, 5.41) is 10.7. The summed E-state index contributed by atoms with van der Waals surface area (Å²) in [6.45, 7) is 1.26. The molecule has 0 aliphatic carbocycles. The highest BCUT2D eigenvalue weighted by Crippen LogP contribution is 2.45. The Morgan fingerprint density at radius 2 is 1.97 bits per heavy atom. The number of nitrogens with zero attached hydrogens (tertiary/aromatic N) is 3. The number of allylic oxidation sites excluding steroid dienone is 1. The number of rotatable bonds is 5. The van der Waals surface area contributed by atoms with Crippen molar-refractivity contribution in [2.45, 2.75) is 18.9 Å². The number of benzene rings is 2. The van der Waals surface area contributed by atoms with E-state index in [0.717, 1.165) is 23.0 Å². The third-order valence-corrected chi connectivity index (χ3v) is 6.62. The Morgan fingerprint density at radius 1 is 1.17 bits per heavy atom. The smallest absolute Gasteiger partial charge is 0.229 e. The maximum Gasteiger partial charge on any atom is 0.229 e. The number of hydrogen-bond acceptors (Lipinski definition) is 6. The quantitative estimate of drug-likeness (QED) is 0.729. The predicted molar refractivity (Wildman–Crippen MR) is 116 cm³/mol. The Labute approximate surface area is 180 Å². The van der Waals surface area contributed by atoms with E-state index in [1.807, 2.05) is 30.3 Å². The van der Waals surface area contributed by atoms with Crippen LogP contribution in [0.15, 0.2) is 59.1 Å². The van der Waals surface area contributed by atoms with Crippen molar-refractivity contribution in [3.63, 3.8) is 0 Å². The minimum absolute atomic E-state index is 0.0251.